The van der Waals surface area contributed by atoms with Crippen LogP contribution in [0.4, 0.5) is 0 Å². The summed E-state index contributed by atoms with van der Waals surface area (Å²) in [7, 11) is 0. The first-order valence-electron chi connectivity index (χ1n) is 8.55. The van der Waals surface area contributed by atoms with E-state index >= 15 is 0 Å². The lowest BCUT2D eigenvalue weighted by Crippen LogP contribution is -2.43. The van der Waals surface area contributed by atoms with Crippen molar-refractivity contribution >= 4 is 11.8 Å². The molecule has 2 aliphatic heterocycles. The molecule has 2 heterocycles. The zero-order chi connectivity index (χ0) is 16.2. The largest absolute Gasteiger partial charge is 0.368 e. The molecule has 1 atom stereocenters. The molecular weight excluding hydrogens is 290 g/mol. The number of nitrogens with one attached hydrogen (secondary N) is 1. The Morgan fingerprint density at radius 3 is 2.74 bits per heavy atom. The van der Waals surface area contributed by atoms with Crippen LogP contribution < -0.4 is 11.1 Å². The monoisotopic (exact) mass is 315 g/mol. The molecule has 0 bridgehead atoms. The molecule has 0 aromatic heterocycles. The molecule has 2 aliphatic rings. The summed E-state index contributed by atoms with van der Waals surface area (Å²) in [5.41, 5.74) is 7.30. The Hall–Kier alpha value is -1.88. The van der Waals surface area contributed by atoms with Crippen molar-refractivity contribution < 1.29 is 9.59 Å². The van der Waals surface area contributed by atoms with Crippen LogP contribution in [0.5, 0.6) is 0 Å². The first-order valence-corrected chi connectivity index (χ1v) is 8.55. The Balaban J connectivity index is 1.71. The molecule has 0 saturated carbocycles. The van der Waals surface area contributed by atoms with Gasteiger partial charge in [0.2, 0.25) is 5.91 Å². The van der Waals surface area contributed by atoms with E-state index in [2.05, 4.69) is 11.4 Å². The lowest BCUT2D eigenvalue weighted by molar-refractivity contribution is -0.121. The molecule has 1 aromatic carbocycles. The molecule has 124 valence electrons. The number of primary amides is 1. The SMILES string of the molecule is NC(=O)[C@H]1CCCN1C(=O)c1cccc(CC2CCNCC2)c1. The highest BCUT2D eigenvalue weighted by Gasteiger charge is 2.33. The molecule has 0 radical (unpaired) electrons. The molecule has 2 saturated heterocycles. The second-order valence-corrected chi connectivity index (χ2v) is 6.66. The van der Waals surface area contributed by atoms with Crippen molar-refractivity contribution in [2.75, 3.05) is 19.6 Å². The number of hydrogen-bond acceptors (Lipinski definition) is 3. The predicted molar refractivity (Wildman–Crippen MR) is 89.0 cm³/mol. The standard InChI is InChI=1S/C18H25N3O2/c19-17(22)16-5-2-10-21(16)18(23)15-4-1-3-14(12-15)11-13-6-8-20-9-7-13/h1,3-4,12-13,16,20H,2,5-11H2,(H2,19,22)/t16-/m1/s1. The lowest BCUT2D eigenvalue weighted by Gasteiger charge is -2.24. The summed E-state index contributed by atoms with van der Waals surface area (Å²) in [6.45, 7) is 2.78. The van der Waals surface area contributed by atoms with Gasteiger partial charge in [0.15, 0.2) is 0 Å². The van der Waals surface area contributed by atoms with Gasteiger partial charge >= 0.3 is 0 Å². The molecule has 0 aliphatic carbocycles. The van der Waals surface area contributed by atoms with E-state index in [1.165, 1.54) is 18.4 Å². The van der Waals surface area contributed by atoms with Crippen molar-refractivity contribution in [3.8, 4) is 0 Å². The van der Waals surface area contributed by atoms with E-state index < -0.39 is 11.9 Å². The fourth-order valence-electron chi connectivity index (χ4n) is 3.72. The maximum atomic E-state index is 12.7. The van der Waals surface area contributed by atoms with Gasteiger partial charge in [-0.15, -0.1) is 0 Å². The van der Waals surface area contributed by atoms with E-state index in [0.29, 0.717) is 24.4 Å². The predicted octanol–water partition coefficient (Wildman–Crippen LogP) is 1.32. The van der Waals surface area contributed by atoms with Gasteiger partial charge in [-0.2, -0.15) is 0 Å². The highest BCUT2D eigenvalue weighted by atomic mass is 16.2. The zero-order valence-corrected chi connectivity index (χ0v) is 13.5. The minimum atomic E-state index is -0.449. The number of benzene rings is 1. The fourth-order valence-corrected chi connectivity index (χ4v) is 3.72. The van der Waals surface area contributed by atoms with Gasteiger partial charge in [-0.25, -0.2) is 0 Å². The number of likely N-dealkylation sites (tertiary alicyclic amines) is 1. The van der Waals surface area contributed by atoms with Crippen molar-refractivity contribution in [2.24, 2.45) is 11.7 Å². The molecule has 5 heteroatoms. The topological polar surface area (TPSA) is 75.4 Å². The number of amides is 2. The number of hydrogen-bond donors (Lipinski definition) is 2. The van der Waals surface area contributed by atoms with Crippen LogP contribution >= 0.6 is 0 Å². The van der Waals surface area contributed by atoms with Crippen LogP contribution in [0.3, 0.4) is 0 Å². The number of carbonyl (C=O) groups is 2. The van der Waals surface area contributed by atoms with E-state index in [1.807, 2.05) is 18.2 Å². The van der Waals surface area contributed by atoms with Gasteiger partial charge in [0.1, 0.15) is 6.04 Å². The Labute approximate surface area is 137 Å². The molecule has 3 N–H and O–H groups in total. The third kappa shape index (κ3) is 3.72. The van der Waals surface area contributed by atoms with Crippen molar-refractivity contribution in [1.82, 2.24) is 10.2 Å². The number of rotatable bonds is 4. The molecule has 23 heavy (non-hydrogen) atoms. The average molecular weight is 315 g/mol. The number of nitrogens with two attached hydrogens (primary N) is 1. The van der Waals surface area contributed by atoms with Crippen LogP contribution in [-0.4, -0.2) is 42.4 Å². The summed E-state index contributed by atoms with van der Waals surface area (Å²) in [6.07, 6.45) is 4.91. The van der Waals surface area contributed by atoms with Crippen molar-refractivity contribution in [1.29, 1.82) is 0 Å². The summed E-state index contributed by atoms with van der Waals surface area (Å²) < 4.78 is 0. The van der Waals surface area contributed by atoms with Gasteiger partial charge in [-0.3, -0.25) is 9.59 Å². The molecule has 0 unspecified atom stereocenters. The van der Waals surface area contributed by atoms with Crippen LogP contribution in [0.2, 0.25) is 0 Å². The third-order valence-electron chi connectivity index (χ3n) is 5.00. The molecular formula is C18H25N3O2. The summed E-state index contributed by atoms with van der Waals surface area (Å²) in [4.78, 5) is 25.8. The number of carbonyl (C=O) groups excluding carboxylic acids is 2. The highest BCUT2D eigenvalue weighted by Crippen LogP contribution is 2.22. The van der Waals surface area contributed by atoms with Crippen LogP contribution in [-0.2, 0) is 11.2 Å². The minimum absolute atomic E-state index is 0.0709. The summed E-state index contributed by atoms with van der Waals surface area (Å²) in [5, 5.41) is 3.38. The zero-order valence-electron chi connectivity index (χ0n) is 13.5. The summed E-state index contributed by atoms with van der Waals surface area (Å²) >= 11 is 0. The van der Waals surface area contributed by atoms with Crippen molar-refractivity contribution in [3.05, 3.63) is 35.4 Å². The van der Waals surface area contributed by atoms with E-state index in [9.17, 15) is 9.59 Å². The quantitative estimate of drug-likeness (QED) is 0.880. The van der Waals surface area contributed by atoms with Gasteiger partial charge < -0.3 is 16.0 Å². The third-order valence-corrected chi connectivity index (χ3v) is 5.00. The molecule has 2 fully saturated rings. The fraction of sp³-hybridized carbons (Fsp3) is 0.556. The number of nitrogens with zero attached hydrogens (tertiary/aromatic N) is 1. The molecule has 0 spiro atoms. The first-order chi connectivity index (χ1) is 11.1. The maximum absolute atomic E-state index is 12.7. The molecule has 5 nitrogen and oxygen atoms in total. The van der Waals surface area contributed by atoms with Crippen LogP contribution in [0.25, 0.3) is 0 Å². The Morgan fingerprint density at radius 2 is 2.00 bits per heavy atom. The minimum Gasteiger partial charge on any atom is -0.368 e. The molecule has 3 rings (SSSR count). The Bertz CT molecular complexity index is 581. The Kier molecular flexibility index (Phi) is 4.96. The van der Waals surface area contributed by atoms with Crippen LogP contribution in [0, 0.1) is 5.92 Å². The smallest absolute Gasteiger partial charge is 0.254 e. The Morgan fingerprint density at radius 1 is 1.22 bits per heavy atom. The van der Waals surface area contributed by atoms with Crippen LogP contribution in [0.1, 0.15) is 41.6 Å². The second-order valence-electron chi connectivity index (χ2n) is 6.66. The van der Waals surface area contributed by atoms with E-state index in [4.69, 9.17) is 5.73 Å². The van der Waals surface area contributed by atoms with Gasteiger partial charge in [-0.1, -0.05) is 12.1 Å². The average Bonchev–Trinajstić information content (AvgIpc) is 3.05. The molecule has 2 amide bonds. The van der Waals surface area contributed by atoms with Gasteiger partial charge in [-0.05, 0) is 68.8 Å². The maximum Gasteiger partial charge on any atom is 0.254 e. The van der Waals surface area contributed by atoms with Gasteiger partial charge in [0.25, 0.3) is 5.91 Å². The lowest BCUT2D eigenvalue weighted by atomic mass is 9.90. The normalized spacial score (nSPS) is 22.3. The van der Waals surface area contributed by atoms with E-state index in [-0.39, 0.29) is 5.91 Å². The van der Waals surface area contributed by atoms with Gasteiger partial charge in [0.05, 0.1) is 0 Å². The van der Waals surface area contributed by atoms with Crippen LogP contribution in [0.15, 0.2) is 24.3 Å². The van der Waals surface area contributed by atoms with Gasteiger partial charge in [0, 0.05) is 12.1 Å². The van der Waals surface area contributed by atoms with E-state index in [0.717, 1.165) is 25.9 Å². The second kappa shape index (κ2) is 7.13. The number of piperidine rings is 1. The summed E-state index contributed by atoms with van der Waals surface area (Å²) in [5.74, 6) is 0.215. The van der Waals surface area contributed by atoms with Crippen molar-refractivity contribution in [3.63, 3.8) is 0 Å². The highest BCUT2D eigenvalue weighted by molar-refractivity contribution is 5.97. The van der Waals surface area contributed by atoms with E-state index in [1.54, 1.807) is 4.90 Å². The molecule has 1 aromatic rings. The first kappa shape index (κ1) is 16.0. The van der Waals surface area contributed by atoms with Crippen molar-refractivity contribution in [2.45, 2.75) is 38.1 Å². The summed E-state index contributed by atoms with van der Waals surface area (Å²) in [6, 6.07) is 7.41.